The van der Waals surface area contributed by atoms with E-state index >= 15 is 0 Å². The maximum absolute atomic E-state index is 11.7. The molecule has 3 heteroatoms. The van der Waals surface area contributed by atoms with Gasteiger partial charge in [0.25, 0.3) is 0 Å². The summed E-state index contributed by atoms with van der Waals surface area (Å²) in [5, 5.41) is 3.36. The summed E-state index contributed by atoms with van der Waals surface area (Å²) in [6.45, 7) is 12.2. The molecule has 2 rings (SSSR count). The summed E-state index contributed by atoms with van der Waals surface area (Å²) in [5.41, 5.74) is 3.29. The van der Waals surface area contributed by atoms with Gasteiger partial charge in [0.2, 0.25) is 0 Å². The van der Waals surface area contributed by atoms with Crippen LogP contribution >= 0.6 is 0 Å². The Kier molecular flexibility index (Phi) is 3.95. The second kappa shape index (κ2) is 5.33. The van der Waals surface area contributed by atoms with Crippen LogP contribution in [0.15, 0.2) is 18.2 Å². The van der Waals surface area contributed by atoms with Crippen LogP contribution in [-0.2, 0) is 5.41 Å². The Morgan fingerprint density at radius 3 is 2.32 bits per heavy atom. The van der Waals surface area contributed by atoms with Gasteiger partial charge in [-0.15, -0.1) is 0 Å². The number of carbonyl (C=O) groups is 1. The molecule has 1 aromatic rings. The summed E-state index contributed by atoms with van der Waals surface area (Å²) in [6.07, 6.45) is 0. The monoisotopic (exact) mass is 260 g/mol. The van der Waals surface area contributed by atoms with Crippen molar-refractivity contribution in [1.82, 2.24) is 5.32 Å². The van der Waals surface area contributed by atoms with E-state index in [-0.39, 0.29) is 11.2 Å². The molecular formula is C16H24N2O. The molecule has 0 saturated carbocycles. The number of benzene rings is 1. The normalized spacial score (nSPS) is 16.5. The Morgan fingerprint density at radius 1 is 1.16 bits per heavy atom. The fourth-order valence-electron chi connectivity index (χ4n) is 2.35. The molecule has 0 unspecified atom stereocenters. The van der Waals surface area contributed by atoms with Gasteiger partial charge in [-0.05, 0) is 36.1 Å². The molecule has 0 amide bonds. The maximum atomic E-state index is 11.7. The molecule has 1 heterocycles. The number of nitrogens with one attached hydrogen (secondary N) is 1. The molecule has 0 bridgehead atoms. The molecule has 1 N–H and O–H groups in total. The molecular weight excluding hydrogens is 236 g/mol. The zero-order valence-electron chi connectivity index (χ0n) is 12.4. The minimum atomic E-state index is 0.0637. The van der Waals surface area contributed by atoms with Gasteiger partial charge in [0.05, 0.1) is 0 Å². The van der Waals surface area contributed by atoms with Gasteiger partial charge in [-0.2, -0.15) is 0 Å². The van der Waals surface area contributed by atoms with Crippen molar-refractivity contribution in [1.29, 1.82) is 0 Å². The van der Waals surface area contributed by atoms with Gasteiger partial charge >= 0.3 is 0 Å². The molecule has 3 nitrogen and oxygen atoms in total. The summed E-state index contributed by atoms with van der Waals surface area (Å²) in [4.78, 5) is 14.1. The smallest absolute Gasteiger partial charge is 0.159 e. The number of nitrogens with zero attached hydrogens (tertiary/aromatic N) is 1. The second-order valence-corrected chi connectivity index (χ2v) is 6.31. The largest absolute Gasteiger partial charge is 0.369 e. The summed E-state index contributed by atoms with van der Waals surface area (Å²) < 4.78 is 0. The fourth-order valence-corrected chi connectivity index (χ4v) is 2.35. The molecule has 1 aliphatic heterocycles. The first kappa shape index (κ1) is 14.1. The number of ketones is 1. The van der Waals surface area contributed by atoms with Gasteiger partial charge < -0.3 is 10.2 Å². The molecule has 0 aliphatic carbocycles. The summed E-state index contributed by atoms with van der Waals surface area (Å²) in [6, 6.07) is 6.30. The van der Waals surface area contributed by atoms with E-state index in [1.54, 1.807) is 6.92 Å². The Labute approximate surface area is 116 Å². The van der Waals surface area contributed by atoms with Crippen LogP contribution in [0, 0.1) is 0 Å². The topological polar surface area (TPSA) is 32.3 Å². The van der Waals surface area contributed by atoms with Crippen molar-refractivity contribution in [2.75, 3.05) is 31.1 Å². The van der Waals surface area contributed by atoms with E-state index in [2.05, 4.69) is 37.1 Å². The van der Waals surface area contributed by atoms with Crippen molar-refractivity contribution in [3.05, 3.63) is 29.3 Å². The van der Waals surface area contributed by atoms with E-state index in [9.17, 15) is 4.79 Å². The van der Waals surface area contributed by atoms with Crippen LogP contribution in [-0.4, -0.2) is 32.0 Å². The summed E-state index contributed by atoms with van der Waals surface area (Å²) in [7, 11) is 0. The summed E-state index contributed by atoms with van der Waals surface area (Å²) in [5.74, 6) is 0.141. The molecule has 0 radical (unpaired) electrons. The quantitative estimate of drug-likeness (QED) is 0.830. The Bertz CT molecular complexity index is 468. The lowest BCUT2D eigenvalue weighted by Crippen LogP contribution is -2.43. The van der Waals surface area contributed by atoms with E-state index in [1.165, 1.54) is 11.3 Å². The highest BCUT2D eigenvalue weighted by molar-refractivity contribution is 5.95. The predicted molar refractivity (Wildman–Crippen MR) is 80.2 cm³/mol. The number of Topliss-reactive ketones (excluding diaryl/α,β-unsaturated/α-hetero) is 1. The molecule has 0 spiro atoms. The van der Waals surface area contributed by atoms with Crippen LogP contribution in [0.1, 0.15) is 43.6 Å². The minimum absolute atomic E-state index is 0.0637. The molecule has 19 heavy (non-hydrogen) atoms. The van der Waals surface area contributed by atoms with Gasteiger partial charge in [-0.1, -0.05) is 20.8 Å². The standard InChI is InChI=1S/C16H24N2O/c1-12(19)13-9-14(16(2,3)4)11-15(10-13)18-7-5-17-6-8-18/h9-11,17H,5-8H2,1-4H3. The first-order chi connectivity index (χ1) is 8.88. The third-order valence-corrected chi connectivity index (χ3v) is 3.67. The van der Waals surface area contributed by atoms with Gasteiger partial charge in [0.1, 0.15) is 0 Å². The highest BCUT2D eigenvalue weighted by Crippen LogP contribution is 2.28. The maximum Gasteiger partial charge on any atom is 0.159 e. The molecule has 0 atom stereocenters. The number of rotatable bonds is 2. The molecule has 1 aliphatic rings. The van der Waals surface area contributed by atoms with Crippen molar-refractivity contribution < 1.29 is 4.79 Å². The number of hydrogen-bond acceptors (Lipinski definition) is 3. The molecule has 1 aromatic carbocycles. The zero-order valence-corrected chi connectivity index (χ0v) is 12.4. The van der Waals surface area contributed by atoms with Crippen LogP contribution < -0.4 is 10.2 Å². The first-order valence-electron chi connectivity index (χ1n) is 7.00. The predicted octanol–water partition coefficient (Wildman–Crippen LogP) is 2.60. The lowest BCUT2D eigenvalue weighted by molar-refractivity contribution is 0.101. The van der Waals surface area contributed by atoms with E-state index in [0.717, 1.165) is 31.7 Å². The lowest BCUT2D eigenvalue weighted by Gasteiger charge is -2.31. The average Bonchev–Trinajstić information content (AvgIpc) is 2.38. The number of carbonyl (C=O) groups excluding carboxylic acids is 1. The third-order valence-electron chi connectivity index (χ3n) is 3.67. The van der Waals surface area contributed by atoms with Crippen molar-refractivity contribution in [3.8, 4) is 0 Å². The SMILES string of the molecule is CC(=O)c1cc(N2CCNCC2)cc(C(C)(C)C)c1. The van der Waals surface area contributed by atoms with Crippen LogP contribution in [0.2, 0.25) is 0 Å². The molecule has 1 saturated heterocycles. The average molecular weight is 260 g/mol. The van der Waals surface area contributed by atoms with Gasteiger partial charge in [0, 0.05) is 37.4 Å². The van der Waals surface area contributed by atoms with Crippen LogP contribution in [0.4, 0.5) is 5.69 Å². The molecule has 0 aromatic heterocycles. The second-order valence-electron chi connectivity index (χ2n) is 6.31. The Hall–Kier alpha value is -1.35. The third kappa shape index (κ3) is 3.35. The van der Waals surface area contributed by atoms with Gasteiger partial charge in [0.15, 0.2) is 5.78 Å². The zero-order chi connectivity index (χ0) is 14.0. The first-order valence-corrected chi connectivity index (χ1v) is 7.00. The van der Waals surface area contributed by atoms with Crippen molar-refractivity contribution in [3.63, 3.8) is 0 Å². The van der Waals surface area contributed by atoms with Crippen LogP contribution in [0.5, 0.6) is 0 Å². The Morgan fingerprint density at radius 2 is 1.79 bits per heavy atom. The highest BCUT2D eigenvalue weighted by Gasteiger charge is 2.19. The number of anilines is 1. The van der Waals surface area contributed by atoms with Crippen LogP contribution in [0.3, 0.4) is 0 Å². The van der Waals surface area contributed by atoms with E-state index < -0.39 is 0 Å². The number of piperazine rings is 1. The van der Waals surface area contributed by atoms with Crippen molar-refractivity contribution in [2.45, 2.75) is 33.1 Å². The minimum Gasteiger partial charge on any atom is -0.369 e. The van der Waals surface area contributed by atoms with Crippen LogP contribution in [0.25, 0.3) is 0 Å². The van der Waals surface area contributed by atoms with E-state index in [4.69, 9.17) is 0 Å². The molecule has 1 fully saturated rings. The van der Waals surface area contributed by atoms with Gasteiger partial charge in [-0.3, -0.25) is 4.79 Å². The number of hydrogen-bond donors (Lipinski definition) is 1. The van der Waals surface area contributed by atoms with Crippen molar-refractivity contribution >= 4 is 11.5 Å². The molecule has 104 valence electrons. The Balaban J connectivity index is 2.41. The summed E-state index contributed by atoms with van der Waals surface area (Å²) >= 11 is 0. The van der Waals surface area contributed by atoms with E-state index in [0.29, 0.717) is 0 Å². The fraction of sp³-hybridized carbons (Fsp3) is 0.562. The van der Waals surface area contributed by atoms with E-state index in [1.807, 2.05) is 12.1 Å². The highest BCUT2D eigenvalue weighted by atomic mass is 16.1. The van der Waals surface area contributed by atoms with Crippen molar-refractivity contribution in [2.24, 2.45) is 0 Å². The lowest BCUT2D eigenvalue weighted by atomic mass is 9.85. The van der Waals surface area contributed by atoms with Gasteiger partial charge in [-0.25, -0.2) is 0 Å².